The molecule has 2 aromatic carbocycles. The number of hydrogen-bond donors (Lipinski definition) is 1. The van der Waals surface area contributed by atoms with Gasteiger partial charge in [0.05, 0.1) is 29.8 Å². The van der Waals surface area contributed by atoms with Gasteiger partial charge in [-0.2, -0.15) is 0 Å². The first-order valence-corrected chi connectivity index (χ1v) is 12.8. The van der Waals surface area contributed by atoms with Crippen molar-refractivity contribution in [2.75, 3.05) is 24.2 Å². The molecular weight excluding hydrogens is 492 g/mol. The van der Waals surface area contributed by atoms with Gasteiger partial charge in [-0.3, -0.25) is 9.29 Å². The fourth-order valence-corrected chi connectivity index (χ4v) is 4.81. The Morgan fingerprint density at radius 3 is 2.71 bits per heavy atom. The Morgan fingerprint density at radius 2 is 2.00 bits per heavy atom. The third kappa shape index (κ3) is 5.55. The maximum Gasteiger partial charge on any atom is 0.338 e. The van der Waals surface area contributed by atoms with E-state index in [0.717, 1.165) is 22.1 Å². The number of carbonyl (C=O) groups is 1. The average Bonchev–Trinajstić information content (AvgIpc) is 3.52. The number of thiophene rings is 1. The summed E-state index contributed by atoms with van der Waals surface area (Å²) in [5.74, 6) is 2.17. The van der Waals surface area contributed by atoms with E-state index in [0.29, 0.717) is 35.4 Å². The minimum Gasteiger partial charge on any atom is -0.495 e. The molecule has 2 aromatic heterocycles. The van der Waals surface area contributed by atoms with Gasteiger partial charge in [-0.05, 0) is 72.6 Å². The molecule has 0 atom stereocenters. The lowest BCUT2D eigenvalue weighted by Gasteiger charge is -2.15. The number of hydrogen-bond acceptors (Lipinski definition) is 8. The first-order valence-electron chi connectivity index (χ1n) is 10.6. The fourth-order valence-electron chi connectivity index (χ4n) is 3.29. The highest BCUT2D eigenvalue weighted by Gasteiger charge is 2.21. The van der Waals surface area contributed by atoms with Crippen LogP contribution in [0.5, 0.6) is 5.75 Å². The molecule has 0 aliphatic carbocycles. The van der Waals surface area contributed by atoms with Gasteiger partial charge in [0.25, 0.3) is 0 Å². The summed E-state index contributed by atoms with van der Waals surface area (Å²) in [5, 5.41) is 11.5. The number of methoxy groups -OCH3 is 1. The van der Waals surface area contributed by atoms with E-state index in [1.165, 1.54) is 17.5 Å². The molecule has 0 spiro atoms. The first kappa shape index (κ1) is 24.1. The second kappa shape index (κ2) is 11.4. The number of nitrogens with zero attached hydrogens (tertiary/aromatic N) is 3. The minimum atomic E-state index is -0.399. The zero-order valence-corrected chi connectivity index (χ0v) is 21.0. The van der Waals surface area contributed by atoms with Gasteiger partial charge in [0.1, 0.15) is 5.75 Å². The Balaban J connectivity index is 1.64. The standard InChI is InChI=1S/C24H23ClN4O3S2/c1-3-32-23(30)17-8-11-20(31-2)19(15-17)29-22(21-5-4-13-33-21)26-27-24(29)28-34-14-12-16-6-9-18(25)10-7-16/h4-11,13,15H,3,12,14H2,1-2H3,(H,27,28). The highest BCUT2D eigenvalue weighted by molar-refractivity contribution is 8.00. The topological polar surface area (TPSA) is 78.3 Å². The zero-order valence-electron chi connectivity index (χ0n) is 18.7. The zero-order chi connectivity index (χ0) is 23.9. The number of anilines is 1. The molecule has 10 heteroatoms. The number of aromatic nitrogens is 3. The van der Waals surface area contributed by atoms with Crippen LogP contribution in [0.2, 0.25) is 5.02 Å². The number of aryl methyl sites for hydroxylation is 1. The largest absolute Gasteiger partial charge is 0.495 e. The van der Waals surface area contributed by atoms with Gasteiger partial charge in [-0.1, -0.05) is 29.8 Å². The Kier molecular flexibility index (Phi) is 8.10. The predicted molar refractivity (Wildman–Crippen MR) is 138 cm³/mol. The van der Waals surface area contributed by atoms with Crippen molar-refractivity contribution in [3.8, 4) is 22.1 Å². The molecule has 0 saturated carbocycles. The molecule has 4 aromatic rings. The number of halogens is 1. The predicted octanol–water partition coefficient (Wildman–Crippen LogP) is 6.14. The quantitative estimate of drug-likeness (QED) is 0.155. The Morgan fingerprint density at radius 1 is 1.18 bits per heavy atom. The monoisotopic (exact) mass is 514 g/mol. The second-order valence-corrected chi connectivity index (χ2v) is 9.38. The summed E-state index contributed by atoms with van der Waals surface area (Å²) in [4.78, 5) is 13.3. The van der Waals surface area contributed by atoms with Crippen molar-refractivity contribution in [3.05, 3.63) is 76.1 Å². The summed E-state index contributed by atoms with van der Waals surface area (Å²) in [7, 11) is 1.59. The van der Waals surface area contributed by atoms with Crippen LogP contribution in [0.15, 0.2) is 60.0 Å². The normalized spacial score (nSPS) is 10.8. The summed E-state index contributed by atoms with van der Waals surface area (Å²) in [6.07, 6.45) is 0.864. The average molecular weight is 515 g/mol. The molecule has 0 saturated heterocycles. The molecule has 176 valence electrons. The molecule has 0 aliphatic rings. The number of nitrogens with one attached hydrogen (secondary N) is 1. The molecule has 0 radical (unpaired) electrons. The molecule has 1 N–H and O–H groups in total. The van der Waals surface area contributed by atoms with Crippen LogP contribution in [0.1, 0.15) is 22.8 Å². The molecule has 0 fully saturated rings. The van der Waals surface area contributed by atoms with E-state index < -0.39 is 5.97 Å². The van der Waals surface area contributed by atoms with Crippen molar-refractivity contribution in [1.29, 1.82) is 0 Å². The lowest BCUT2D eigenvalue weighted by atomic mass is 10.1. The lowest BCUT2D eigenvalue weighted by Crippen LogP contribution is -2.09. The molecular formula is C24H23ClN4O3S2. The first-order chi connectivity index (χ1) is 16.6. The molecule has 0 amide bonds. The van der Waals surface area contributed by atoms with Gasteiger partial charge in [-0.25, -0.2) is 4.79 Å². The van der Waals surface area contributed by atoms with Gasteiger partial charge in [0, 0.05) is 10.8 Å². The van der Waals surface area contributed by atoms with Crippen LogP contribution in [0.25, 0.3) is 16.4 Å². The summed E-state index contributed by atoms with van der Waals surface area (Å²) in [6.45, 7) is 2.07. The van der Waals surface area contributed by atoms with E-state index in [1.807, 2.05) is 46.3 Å². The number of carbonyl (C=O) groups excluding carboxylic acids is 1. The van der Waals surface area contributed by atoms with Crippen LogP contribution >= 0.6 is 34.9 Å². The Labute approximate surface area is 211 Å². The molecule has 4 rings (SSSR count). The van der Waals surface area contributed by atoms with Gasteiger partial charge in [0.2, 0.25) is 5.95 Å². The maximum absolute atomic E-state index is 12.4. The van der Waals surface area contributed by atoms with E-state index in [2.05, 4.69) is 14.9 Å². The van der Waals surface area contributed by atoms with Crippen LogP contribution in [0, 0.1) is 0 Å². The summed E-state index contributed by atoms with van der Waals surface area (Å²) >= 11 is 9.05. The third-order valence-electron chi connectivity index (χ3n) is 4.91. The fraction of sp³-hybridized carbons (Fsp3) is 0.208. The van der Waals surface area contributed by atoms with Crippen LogP contribution in [0.4, 0.5) is 5.95 Å². The van der Waals surface area contributed by atoms with Gasteiger partial charge in [0.15, 0.2) is 5.82 Å². The number of ether oxygens (including phenoxy) is 2. The van der Waals surface area contributed by atoms with Crippen molar-refractivity contribution in [3.63, 3.8) is 0 Å². The van der Waals surface area contributed by atoms with Gasteiger partial charge >= 0.3 is 5.97 Å². The molecule has 0 unspecified atom stereocenters. The van der Waals surface area contributed by atoms with E-state index in [4.69, 9.17) is 21.1 Å². The highest BCUT2D eigenvalue weighted by atomic mass is 35.5. The third-order valence-corrected chi connectivity index (χ3v) is 6.76. The van der Waals surface area contributed by atoms with Crippen molar-refractivity contribution in [1.82, 2.24) is 14.8 Å². The van der Waals surface area contributed by atoms with Crippen LogP contribution in [0.3, 0.4) is 0 Å². The lowest BCUT2D eigenvalue weighted by molar-refractivity contribution is 0.0526. The van der Waals surface area contributed by atoms with Gasteiger partial charge < -0.3 is 9.47 Å². The highest BCUT2D eigenvalue weighted by Crippen LogP contribution is 2.34. The molecule has 2 heterocycles. The van der Waals surface area contributed by atoms with Crippen LogP contribution in [-0.4, -0.2) is 40.2 Å². The number of rotatable bonds is 10. The Hall–Kier alpha value is -3.01. The van der Waals surface area contributed by atoms with Crippen molar-refractivity contribution in [2.45, 2.75) is 13.3 Å². The Bertz CT molecular complexity index is 1240. The smallest absolute Gasteiger partial charge is 0.338 e. The van der Waals surface area contributed by atoms with Crippen molar-refractivity contribution in [2.24, 2.45) is 0 Å². The van der Waals surface area contributed by atoms with Crippen LogP contribution in [-0.2, 0) is 11.2 Å². The summed E-state index contributed by atoms with van der Waals surface area (Å²) < 4.78 is 16.0. The SMILES string of the molecule is CCOC(=O)c1ccc(OC)c(-n2c(NSCCc3ccc(Cl)cc3)nnc2-c2cccs2)c1. The number of benzene rings is 2. The molecule has 34 heavy (non-hydrogen) atoms. The molecule has 7 nitrogen and oxygen atoms in total. The minimum absolute atomic E-state index is 0.296. The van der Waals surface area contributed by atoms with E-state index in [-0.39, 0.29) is 0 Å². The van der Waals surface area contributed by atoms with Crippen molar-refractivity contribution >= 4 is 46.8 Å². The van der Waals surface area contributed by atoms with Crippen molar-refractivity contribution < 1.29 is 14.3 Å². The summed E-state index contributed by atoms with van der Waals surface area (Å²) in [5.41, 5.74) is 2.26. The van der Waals surface area contributed by atoms with Crippen LogP contribution < -0.4 is 9.46 Å². The van der Waals surface area contributed by atoms with E-state index in [1.54, 1.807) is 43.6 Å². The van der Waals surface area contributed by atoms with E-state index in [9.17, 15) is 4.79 Å². The van der Waals surface area contributed by atoms with E-state index >= 15 is 0 Å². The summed E-state index contributed by atoms with van der Waals surface area (Å²) in [6, 6.07) is 16.9. The second-order valence-electron chi connectivity index (χ2n) is 7.09. The molecule has 0 bridgehead atoms. The van der Waals surface area contributed by atoms with Gasteiger partial charge in [-0.15, -0.1) is 21.5 Å². The maximum atomic E-state index is 12.4. The number of esters is 1. The molecule has 0 aliphatic heterocycles.